The molecule has 2 aromatic rings. The van der Waals surface area contributed by atoms with E-state index in [9.17, 15) is 18.0 Å². The molecule has 0 bridgehead atoms. The number of benzene rings is 1. The standard InChI is InChI=1S/C13H7BrF3NO/c14-9-1-2-10(15)8(13(9)17)5-12(19)7-3-4-18-6-11(7)16/h1-4,6H,5H2. The lowest BCUT2D eigenvalue weighted by Crippen LogP contribution is -2.09. The zero-order chi connectivity index (χ0) is 14.0. The quantitative estimate of drug-likeness (QED) is 0.635. The van der Waals surface area contributed by atoms with Crippen LogP contribution < -0.4 is 0 Å². The fourth-order valence-electron chi connectivity index (χ4n) is 1.59. The number of aromatic nitrogens is 1. The molecule has 98 valence electrons. The summed E-state index contributed by atoms with van der Waals surface area (Å²) in [5.41, 5.74) is -0.635. The van der Waals surface area contributed by atoms with Crippen molar-refractivity contribution < 1.29 is 18.0 Å². The van der Waals surface area contributed by atoms with Gasteiger partial charge in [-0.25, -0.2) is 13.2 Å². The van der Waals surface area contributed by atoms with Crippen molar-refractivity contribution in [2.75, 3.05) is 0 Å². The number of carbonyl (C=O) groups is 1. The van der Waals surface area contributed by atoms with E-state index in [1.165, 1.54) is 18.3 Å². The first-order valence-electron chi connectivity index (χ1n) is 5.25. The van der Waals surface area contributed by atoms with Crippen LogP contribution in [0.1, 0.15) is 15.9 Å². The molecule has 0 saturated carbocycles. The number of carbonyl (C=O) groups excluding carboxylic acids is 1. The molecule has 2 rings (SSSR count). The molecule has 0 atom stereocenters. The number of hydrogen-bond acceptors (Lipinski definition) is 2. The smallest absolute Gasteiger partial charge is 0.170 e. The molecule has 19 heavy (non-hydrogen) atoms. The average molecular weight is 330 g/mol. The zero-order valence-electron chi connectivity index (χ0n) is 9.46. The van der Waals surface area contributed by atoms with Crippen molar-refractivity contribution in [2.45, 2.75) is 6.42 Å². The third-order valence-corrected chi connectivity index (χ3v) is 3.16. The van der Waals surface area contributed by atoms with E-state index in [4.69, 9.17) is 0 Å². The maximum absolute atomic E-state index is 13.7. The van der Waals surface area contributed by atoms with Gasteiger partial charge in [0.25, 0.3) is 0 Å². The molecular weight excluding hydrogens is 323 g/mol. The predicted molar refractivity (Wildman–Crippen MR) is 66.3 cm³/mol. The molecule has 1 aromatic heterocycles. The minimum atomic E-state index is -0.859. The van der Waals surface area contributed by atoms with Crippen LogP contribution in [0, 0.1) is 17.5 Å². The molecule has 0 radical (unpaired) electrons. The topological polar surface area (TPSA) is 30.0 Å². The van der Waals surface area contributed by atoms with Crippen molar-refractivity contribution >= 4 is 21.7 Å². The van der Waals surface area contributed by atoms with Gasteiger partial charge in [0.05, 0.1) is 16.2 Å². The summed E-state index contributed by atoms with van der Waals surface area (Å²) in [7, 11) is 0. The van der Waals surface area contributed by atoms with Crippen molar-refractivity contribution in [1.29, 1.82) is 0 Å². The molecule has 0 aliphatic heterocycles. The molecule has 0 fully saturated rings. The number of nitrogens with zero attached hydrogens (tertiary/aromatic N) is 1. The summed E-state index contributed by atoms with van der Waals surface area (Å²) < 4.78 is 40.6. The fraction of sp³-hybridized carbons (Fsp3) is 0.0769. The molecule has 0 aliphatic carbocycles. The van der Waals surface area contributed by atoms with Crippen LogP contribution in [-0.2, 0) is 6.42 Å². The van der Waals surface area contributed by atoms with E-state index >= 15 is 0 Å². The summed E-state index contributed by atoms with van der Waals surface area (Å²) in [6.07, 6.45) is 1.56. The van der Waals surface area contributed by atoms with Crippen molar-refractivity contribution in [1.82, 2.24) is 4.98 Å². The van der Waals surface area contributed by atoms with E-state index in [1.807, 2.05) is 0 Å². The average Bonchev–Trinajstić information content (AvgIpc) is 2.39. The van der Waals surface area contributed by atoms with Crippen LogP contribution in [0.5, 0.6) is 0 Å². The summed E-state index contributed by atoms with van der Waals surface area (Å²) >= 11 is 2.90. The first kappa shape index (κ1) is 13.7. The Kier molecular flexibility index (Phi) is 3.99. The summed E-state index contributed by atoms with van der Waals surface area (Å²) in [5.74, 6) is -3.23. The second-order valence-electron chi connectivity index (χ2n) is 3.78. The minimum Gasteiger partial charge on any atom is -0.294 e. The second kappa shape index (κ2) is 5.52. The lowest BCUT2D eigenvalue weighted by molar-refractivity contribution is 0.0986. The molecule has 1 heterocycles. The van der Waals surface area contributed by atoms with Crippen molar-refractivity contribution in [3.63, 3.8) is 0 Å². The first-order chi connectivity index (χ1) is 9.00. The van der Waals surface area contributed by atoms with E-state index in [0.717, 1.165) is 12.3 Å². The van der Waals surface area contributed by atoms with Gasteiger partial charge in [-0.1, -0.05) is 0 Å². The van der Waals surface area contributed by atoms with Crippen LogP contribution in [0.15, 0.2) is 35.1 Å². The first-order valence-corrected chi connectivity index (χ1v) is 6.05. The van der Waals surface area contributed by atoms with E-state index in [-0.39, 0.29) is 10.0 Å². The number of hydrogen-bond donors (Lipinski definition) is 0. The van der Waals surface area contributed by atoms with Crippen LogP contribution >= 0.6 is 15.9 Å². The molecule has 0 saturated heterocycles. The number of halogens is 4. The summed E-state index contributed by atoms with van der Waals surface area (Å²) in [4.78, 5) is 15.3. The minimum absolute atomic E-state index is 0.0481. The number of Topliss-reactive ketones (excluding diaryl/α,β-unsaturated/α-hetero) is 1. The maximum Gasteiger partial charge on any atom is 0.170 e. The molecule has 0 unspecified atom stereocenters. The third-order valence-electron chi connectivity index (χ3n) is 2.55. The Bertz CT molecular complexity index is 646. The van der Waals surface area contributed by atoms with Gasteiger partial charge >= 0.3 is 0 Å². The van der Waals surface area contributed by atoms with Crippen LogP contribution in [-0.4, -0.2) is 10.8 Å². The molecule has 0 N–H and O–H groups in total. The van der Waals surface area contributed by atoms with Gasteiger partial charge in [-0.15, -0.1) is 0 Å². The van der Waals surface area contributed by atoms with E-state index in [2.05, 4.69) is 20.9 Å². The monoisotopic (exact) mass is 329 g/mol. The normalized spacial score (nSPS) is 10.5. The molecule has 2 nitrogen and oxygen atoms in total. The second-order valence-corrected chi connectivity index (χ2v) is 4.63. The van der Waals surface area contributed by atoms with Crippen molar-refractivity contribution in [3.8, 4) is 0 Å². The van der Waals surface area contributed by atoms with Gasteiger partial charge in [0.2, 0.25) is 0 Å². The highest BCUT2D eigenvalue weighted by Crippen LogP contribution is 2.23. The molecule has 0 spiro atoms. The van der Waals surface area contributed by atoms with Gasteiger partial charge in [0.1, 0.15) is 11.6 Å². The predicted octanol–water partition coefficient (Wildman–Crippen LogP) is 3.69. The number of ketones is 1. The van der Waals surface area contributed by atoms with Crippen LogP contribution in [0.3, 0.4) is 0 Å². The molecule has 0 amide bonds. The van der Waals surface area contributed by atoms with Crippen LogP contribution in [0.2, 0.25) is 0 Å². The highest BCUT2D eigenvalue weighted by atomic mass is 79.9. The van der Waals surface area contributed by atoms with E-state index < -0.39 is 35.2 Å². The zero-order valence-corrected chi connectivity index (χ0v) is 11.0. The van der Waals surface area contributed by atoms with Gasteiger partial charge in [-0.3, -0.25) is 9.78 Å². The Morgan fingerprint density at radius 1 is 1.16 bits per heavy atom. The Labute approximate surface area is 115 Å². The highest BCUT2D eigenvalue weighted by molar-refractivity contribution is 9.10. The van der Waals surface area contributed by atoms with Gasteiger partial charge in [-0.05, 0) is 34.1 Å². The fourth-order valence-corrected chi connectivity index (χ4v) is 1.96. The Morgan fingerprint density at radius 2 is 1.89 bits per heavy atom. The number of pyridine rings is 1. The lowest BCUT2D eigenvalue weighted by Gasteiger charge is -2.06. The van der Waals surface area contributed by atoms with Crippen LogP contribution in [0.25, 0.3) is 0 Å². The molecule has 0 aliphatic rings. The SMILES string of the molecule is O=C(Cc1c(F)ccc(Br)c1F)c1ccncc1F. The van der Waals surface area contributed by atoms with Gasteiger partial charge in [0.15, 0.2) is 11.6 Å². The molecule has 1 aromatic carbocycles. The summed E-state index contributed by atoms with van der Waals surface area (Å²) in [6.45, 7) is 0. The van der Waals surface area contributed by atoms with E-state index in [0.29, 0.717) is 0 Å². The van der Waals surface area contributed by atoms with Crippen molar-refractivity contribution in [3.05, 3.63) is 63.6 Å². The Morgan fingerprint density at radius 3 is 2.58 bits per heavy atom. The van der Waals surface area contributed by atoms with Gasteiger partial charge < -0.3 is 0 Å². The largest absolute Gasteiger partial charge is 0.294 e. The maximum atomic E-state index is 13.7. The summed E-state index contributed by atoms with van der Waals surface area (Å²) in [6, 6.07) is 3.41. The molecular formula is C13H7BrF3NO. The van der Waals surface area contributed by atoms with Crippen molar-refractivity contribution in [2.24, 2.45) is 0 Å². The highest BCUT2D eigenvalue weighted by Gasteiger charge is 2.18. The van der Waals surface area contributed by atoms with E-state index in [1.54, 1.807) is 0 Å². The van der Waals surface area contributed by atoms with Crippen LogP contribution in [0.4, 0.5) is 13.2 Å². The Hall–Kier alpha value is -1.69. The van der Waals surface area contributed by atoms with Gasteiger partial charge in [-0.2, -0.15) is 0 Å². The third kappa shape index (κ3) is 2.84. The summed E-state index contributed by atoms with van der Waals surface area (Å²) in [5, 5.41) is 0. The Balaban J connectivity index is 2.35. The lowest BCUT2D eigenvalue weighted by atomic mass is 10.0. The number of rotatable bonds is 3. The van der Waals surface area contributed by atoms with Gasteiger partial charge in [0, 0.05) is 18.2 Å². The molecule has 6 heteroatoms.